The van der Waals surface area contributed by atoms with Crippen molar-refractivity contribution in [3.05, 3.63) is 47.6 Å². The van der Waals surface area contributed by atoms with Gasteiger partial charge in [0.15, 0.2) is 5.82 Å². The van der Waals surface area contributed by atoms with E-state index in [9.17, 15) is 0 Å². The highest BCUT2D eigenvalue weighted by atomic mass is 16.5. The van der Waals surface area contributed by atoms with Crippen LogP contribution in [0.15, 0.2) is 34.9 Å². The van der Waals surface area contributed by atoms with Crippen LogP contribution in [0.4, 0.5) is 0 Å². The van der Waals surface area contributed by atoms with Crippen LogP contribution in [-0.2, 0) is 18.5 Å². The molecule has 0 saturated carbocycles. The van der Waals surface area contributed by atoms with Crippen molar-refractivity contribution in [1.82, 2.24) is 19.9 Å². The molecule has 1 aliphatic rings. The molecule has 5 heteroatoms. The monoisotopic (exact) mass is 342 g/mol. The molecule has 0 atom stereocenters. The SMILES string of the molecule is CN(Cc1nc(C(C)(C)C)no1)C1CCN(Cc2ccccc2)CC1. The number of benzene rings is 1. The Morgan fingerprint density at radius 2 is 1.84 bits per heavy atom. The summed E-state index contributed by atoms with van der Waals surface area (Å²) in [7, 11) is 2.17. The van der Waals surface area contributed by atoms with Crippen molar-refractivity contribution in [3.63, 3.8) is 0 Å². The maximum atomic E-state index is 5.44. The molecule has 1 aliphatic heterocycles. The van der Waals surface area contributed by atoms with E-state index >= 15 is 0 Å². The summed E-state index contributed by atoms with van der Waals surface area (Å²) in [6.45, 7) is 10.4. The molecule has 1 aromatic carbocycles. The summed E-state index contributed by atoms with van der Waals surface area (Å²) in [6, 6.07) is 11.3. The van der Waals surface area contributed by atoms with Crippen molar-refractivity contribution >= 4 is 0 Å². The minimum absolute atomic E-state index is 0.0664. The second-order valence-corrected chi connectivity index (χ2v) is 8.17. The van der Waals surface area contributed by atoms with Crippen LogP contribution in [0.3, 0.4) is 0 Å². The van der Waals surface area contributed by atoms with Crippen molar-refractivity contribution in [1.29, 1.82) is 0 Å². The number of likely N-dealkylation sites (tertiary alicyclic amines) is 1. The molecule has 0 aliphatic carbocycles. The van der Waals surface area contributed by atoms with E-state index in [4.69, 9.17) is 4.52 Å². The molecule has 0 amide bonds. The van der Waals surface area contributed by atoms with Crippen molar-refractivity contribution in [3.8, 4) is 0 Å². The van der Waals surface area contributed by atoms with Gasteiger partial charge in [-0.3, -0.25) is 9.80 Å². The smallest absolute Gasteiger partial charge is 0.240 e. The standard InChI is InChI=1S/C20H30N4O/c1-20(2,3)19-21-18(25-22-19)15-23(4)17-10-12-24(13-11-17)14-16-8-6-5-7-9-16/h5-9,17H,10-15H2,1-4H3. The first kappa shape index (κ1) is 18.1. The van der Waals surface area contributed by atoms with Gasteiger partial charge in [0.1, 0.15) is 0 Å². The molecule has 1 aromatic heterocycles. The first-order chi connectivity index (χ1) is 11.9. The Morgan fingerprint density at radius 1 is 1.16 bits per heavy atom. The van der Waals surface area contributed by atoms with E-state index in [1.807, 2.05) is 0 Å². The third kappa shape index (κ3) is 4.89. The van der Waals surface area contributed by atoms with Crippen molar-refractivity contribution in [2.75, 3.05) is 20.1 Å². The van der Waals surface area contributed by atoms with Gasteiger partial charge in [0.25, 0.3) is 0 Å². The molecule has 136 valence electrons. The highest BCUT2D eigenvalue weighted by Gasteiger charge is 2.25. The van der Waals surface area contributed by atoms with Gasteiger partial charge in [0.2, 0.25) is 5.89 Å². The maximum absolute atomic E-state index is 5.44. The lowest BCUT2D eigenvalue weighted by Gasteiger charge is -2.36. The van der Waals surface area contributed by atoms with Gasteiger partial charge in [-0.15, -0.1) is 0 Å². The fraction of sp³-hybridized carbons (Fsp3) is 0.600. The molecule has 0 radical (unpaired) electrons. The number of nitrogens with zero attached hydrogens (tertiary/aromatic N) is 4. The number of hydrogen-bond donors (Lipinski definition) is 0. The summed E-state index contributed by atoms with van der Waals surface area (Å²) in [6.07, 6.45) is 2.37. The molecule has 0 unspecified atom stereocenters. The summed E-state index contributed by atoms with van der Waals surface area (Å²) in [5.41, 5.74) is 1.33. The Hall–Kier alpha value is -1.72. The Morgan fingerprint density at radius 3 is 2.44 bits per heavy atom. The number of aromatic nitrogens is 2. The van der Waals surface area contributed by atoms with E-state index in [0.717, 1.165) is 37.9 Å². The average Bonchev–Trinajstić information content (AvgIpc) is 3.05. The third-order valence-electron chi connectivity index (χ3n) is 4.95. The molecule has 0 N–H and O–H groups in total. The molecule has 5 nitrogen and oxygen atoms in total. The van der Waals surface area contributed by atoms with Crippen LogP contribution in [0.1, 0.15) is 50.9 Å². The van der Waals surface area contributed by atoms with Crippen molar-refractivity contribution in [2.24, 2.45) is 0 Å². The predicted octanol–water partition coefficient (Wildman–Crippen LogP) is 3.46. The second kappa shape index (κ2) is 7.67. The Kier molecular flexibility index (Phi) is 5.54. The largest absolute Gasteiger partial charge is 0.338 e. The van der Waals surface area contributed by atoms with Gasteiger partial charge >= 0.3 is 0 Å². The summed E-state index contributed by atoms with van der Waals surface area (Å²) in [4.78, 5) is 9.46. The van der Waals surface area contributed by atoms with Crippen molar-refractivity contribution in [2.45, 2.75) is 58.2 Å². The average molecular weight is 342 g/mol. The maximum Gasteiger partial charge on any atom is 0.240 e. The Balaban J connectivity index is 1.48. The quantitative estimate of drug-likeness (QED) is 0.832. The summed E-state index contributed by atoms with van der Waals surface area (Å²) < 4.78 is 5.44. The van der Waals surface area contributed by atoms with Crippen LogP contribution in [0.2, 0.25) is 0 Å². The van der Waals surface area contributed by atoms with Crippen LogP contribution in [0, 0.1) is 0 Å². The molecule has 1 fully saturated rings. The molecule has 25 heavy (non-hydrogen) atoms. The number of piperidine rings is 1. The first-order valence-corrected chi connectivity index (χ1v) is 9.21. The molecule has 0 spiro atoms. The zero-order valence-electron chi connectivity index (χ0n) is 15.9. The minimum atomic E-state index is -0.0664. The van der Waals surface area contributed by atoms with Gasteiger partial charge in [0.05, 0.1) is 6.54 Å². The lowest BCUT2D eigenvalue weighted by atomic mass is 9.96. The first-order valence-electron chi connectivity index (χ1n) is 9.21. The van der Waals surface area contributed by atoms with Crippen LogP contribution in [0.25, 0.3) is 0 Å². The zero-order valence-corrected chi connectivity index (χ0v) is 15.9. The van der Waals surface area contributed by atoms with E-state index < -0.39 is 0 Å². The molecule has 3 rings (SSSR count). The van der Waals surface area contributed by atoms with Crippen LogP contribution in [0.5, 0.6) is 0 Å². The van der Waals surface area contributed by atoms with Crippen LogP contribution in [-0.4, -0.2) is 46.1 Å². The van der Waals surface area contributed by atoms with Gasteiger partial charge in [-0.05, 0) is 38.5 Å². The molecule has 0 bridgehead atoms. The van der Waals surface area contributed by atoms with Crippen molar-refractivity contribution < 1.29 is 4.52 Å². The predicted molar refractivity (Wildman–Crippen MR) is 99.2 cm³/mol. The normalized spacial score (nSPS) is 17.3. The summed E-state index contributed by atoms with van der Waals surface area (Å²) >= 11 is 0. The van der Waals surface area contributed by atoms with E-state index in [-0.39, 0.29) is 5.41 Å². The minimum Gasteiger partial charge on any atom is -0.338 e. The topological polar surface area (TPSA) is 45.4 Å². The highest BCUT2D eigenvalue weighted by Crippen LogP contribution is 2.21. The van der Waals surface area contributed by atoms with Gasteiger partial charge in [-0.1, -0.05) is 56.3 Å². The highest BCUT2D eigenvalue weighted by molar-refractivity contribution is 5.14. The molecular formula is C20H30N4O. The molecule has 2 heterocycles. The fourth-order valence-corrected chi connectivity index (χ4v) is 3.33. The number of rotatable bonds is 5. The lowest BCUT2D eigenvalue weighted by molar-refractivity contribution is 0.111. The van der Waals surface area contributed by atoms with Gasteiger partial charge < -0.3 is 4.52 Å². The van der Waals surface area contributed by atoms with Gasteiger partial charge in [-0.2, -0.15) is 4.98 Å². The van der Waals surface area contributed by atoms with Gasteiger partial charge in [0, 0.05) is 18.0 Å². The van der Waals surface area contributed by atoms with E-state index in [1.54, 1.807) is 0 Å². The fourth-order valence-electron chi connectivity index (χ4n) is 3.33. The van der Waals surface area contributed by atoms with Crippen LogP contribution < -0.4 is 0 Å². The summed E-state index contributed by atoms with van der Waals surface area (Å²) in [5.74, 6) is 1.51. The molecular weight excluding hydrogens is 312 g/mol. The van der Waals surface area contributed by atoms with Gasteiger partial charge in [-0.25, -0.2) is 0 Å². The van der Waals surface area contributed by atoms with Crippen LogP contribution >= 0.6 is 0 Å². The molecule has 1 saturated heterocycles. The third-order valence-corrected chi connectivity index (χ3v) is 4.95. The van der Waals surface area contributed by atoms with E-state index in [2.05, 4.69) is 78.1 Å². The van der Waals surface area contributed by atoms with E-state index in [1.165, 1.54) is 18.4 Å². The zero-order chi connectivity index (χ0) is 17.9. The Bertz CT molecular complexity index is 654. The second-order valence-electron chi connectivity index (χ2n) is 8.17. The lowest BCUT2D eigenvalue weighted by Crippen LogP contribution is -2.42. The number of hydrogen-bond acceptors (Lipinski definition) is 5. The molecule has 2 aromatic rings. The summed E-state index contributed by atoms with van der Waals surface area (Å²) in [5, 5.41) is 4.12. The Labute approximate surface area is 151 Å². The van der Waals surface area contributed by atoms with E-state index in [0.29, 0.717) is 6.04 Å².